The van der Waals surface area contributed by atoms with E-state index in [2.05, 4.69) is 88.4 Å². The quantitative estimate of drug-likeness (QED) is 0.389. The highest BCUT2D eigenvalue weighted by Gasteiger charge is 2.30. The van der Waals surface area contributed by atoms with Gasteiger partial charge in [0.1, 0.15) is 11.5 Å². The number of amides is 1. The van der Waals surface area contributed by atoms with Crippen molar-refractivity contribution >= 4 is 11.6 Å². The molecule has 0 aliphatic rings. The first kappa shape index (κ1) is 28.7. The maximum Gasteiger partial charge on any atom is 0.231 e. The number of benzene rings is 2. The van der Waals surface area contributed by atoms with Crippen LogP contribution in [-0.2, 0) is 26.5 Å². The number of hydrogen-bond donors (Lipinski definition) is 3. The minimum absolute atomic E-state index is 0.124. The third kappa shape index (κ3) is 6.39. The van der Waals surface area contributed by atoms with Crippen molar-refractivity contribution in [3.63, 3.8) is 0 Å². The Morgan fingerprint density at radius 1 is 0.629 bits per heavy atom. The van der Waals surface area contributed by atoms with Gasteiger partial charge in [-0.15, -0.1) is 0 Å². The molecule has 0 spiro atoms. The summed E-state index contributed by atoms with van der Waals surface area (Å²) in [4.78, 5) is 13.5. The maximum absolute atomic E-state index is 13.5. The van der Waals surface area contributed by atoms with E-state index in [4.69, 9.17) is 0 Å². The summed E-state index contributed by atoms with van der Waals surface area (Å²) in [6, 6.07) is 7.69. The van der Waals surface area contributed by atoms with E-state index < -0.39 is 5.92 Å². The number of phenols is 2. The zero-order chi connectivity index (χ0) is 27.3. The molecule has 0 saturated heterocycles. The standard InChI is InChI=1S/C31H47NO3/c1-18(19-14-21(28(2,3)4)25(33)22(15-19)29(5,6)7)27(35)32-20-16-23(30(8,9)10)26(34)24(17-20)31(11,12)13/h14-18,33-34H,1-13H3,(H,32,35). The average Bonchev–Trinajstić information content (AvgIpc) is 2.65. The van der Waals surface area contributed by atoms with Gasteiger partial charge in [-0.05, 0) is 57.4 Å². The lowest BCUT2D eigenvalue weighted by atomic mass is 9.77. The molecule has 1 unspecified atom stereocenters. The van der Waals surface area contributed by atoms with E-state index in [1.165, 1.54) is 0 Å². The first-order valence-corrected chi connectivity index (χ1v) is 12.6. The topological polar surface area (TPSA) is 69.6 Å². The normalized spacial score (nSPS) is 14.1. The Balaban J connectivity index is 2.58. The van der Waals surface area contributed by atoms with Crippen molar-refractivity contribution in [1.29, 1.82) is 0 Å². The third-order valence-electron chi connectivity index (χ3n) is 6.64. The number of carbonyl (C=O) groups excluding carboxylic acids is 1. The summed E-state index contributed by atoms with van der Waals surface area (Å²) in [5.74, 6) is 0.0485. The van der Waals surface area contributed by atoms with Crippen molar-refractivity contribution in [2.75, 3.05) is 5.32 Å². The van der Waals surface area contributed by atoms with Crippen LogP contribution < -0.4 is 5.32 Å². The largest absolute Gasteiger partial charge is 0.507 e. The van der Waals surface area contributed by atoms with Gasteiger partial charge in [0.05, 0.1) is 5.92 Å². The van der Waals surface area contributed by atoms with Gasteiger partial charge in [0.2, 0.25) is 5.91 Å². The average molecular weight is 482 g/mol. The fourth-order valence-electron chi connectivity index (χ4n) is 4.30. The zero-order valence-electron chi connectivity index (χ0n) is 24.2. The highest BCUT2D eigenvalue weighted by molar-refractivity contribution is 5.96. The van der Waals surface area contributed by atoms with Crippen molar-refractivity contribution in [2.45, 2.75) is 118 Å². The number of nitrogens with one attached hydrogen (secondary N) is 1. The minimum Gasteiger partial charge on any atom is -0.507 e. The van der Waals surface area contributed by atoms with Crippen LogP contribution in [0.4, 0.5) is 5.69 Å². The fraction of sp³-hybridized carbons (Fsp3) is 0.581. The minimum atomic E-state index is -0.428. The molecule has 4 nitrogen and oxygen atoms in total. The van der Waals surface area contributed by atoms with Crippen LogP contribution in [0, 0.1) is 0 Å². The second-order valence-electron chi connectivity index (χ2n) is 14.1. The highest BCUT2D eigenvalue weighted by atomic mass is 16.3. The first-order chi connectivity index (χ1) is 15.5. The summed E-state index contributed by atoms with van der Waals surface area (Å²) in [5, 5.41) is 25.2. The van der Waals surface area contributed by atoms with Crippen LogP contribution in [0.2, 0.25) is 0 Å². The Morgan fingerprint density at radius 3 is 1.20 bits per heavy atom. The summed E-state index contributed by atoms with van der Waals surface area (Å²) < 4.78 is 0. The molecular formula is C31H47NO3. The molecule has 0 saturated carbocycles. The van der Waals surface area contributed by atoms with Crippen LogP contribution in [0.3, 0.4) is 0 Å². The van der Waals surface area contributed by atoms with Gasteiger partial charge in [-0.25, -0.2) is 0 Å². The van der Waals surface area contributed by atoms with Gasteiger partial charge in [-0.2, -0.15) is 0 Å². The van der Waals surface area contributed by atoms with Gasteiger partial charge in [0.25, 0.3) is 0 Å². The number of anilines is 1. The Hall–Kier alpha value is -2.49. The Bertz CT molecular complexity index is 1030. The smallest absolute Gasteiger partial charge is 0.231 e. The van der Waals surface area contributed by atoms with Crippen LogP contribution in [0.15, 0.2) is 24.3 Å². The SMILES string of the molecule is CC(C(=O)Nc1cc(C(C)(C)C)c(O)c(C(C)(C)C)c1)c1cc(C(C)(C)C)c(O)c(C(C)(C)C)c1. The summed E-state index contributed by atoms with van der Waals surface area (Å²) in [6.45, 7) is 26.7. The predicted octanol–water partition coefficient (Wildman–Crippen LogP) is 8.03. The molecule has 0 aliphatic carbocycles. The number of carbonyl (C=O) groups is 1. The van der Waals surface area contributed by atoms with Gasteiger partial charge < -0.3 is 15.5 Å². The molecule has 4 heteroatoms. The molecule has 35 heavy (non-hydrogen) atoms. The van der Waals surface area contributed by atoms with Gasteiger partial charge in [0.15, 0.2) is 0 Å². The molecule has 2 rings (SSSR count). The molecule has 0 aromatic heterocycles. The number of rotatable bonds is 3. The lowest BCUT2D eigenvalue weighted by molar-refractivity contribution is -0.117. The molecule has 1 atom stereocenters. The monoisotopic (exact) mass is 481 g/mol. The van der Waals surface area contributed by atoms with E-state index >= 15 is 0 Å². The Kier molecular flexibility index (Phi) is 7.54. The molecule has 0 radical (unpaired) electrons. The lowest BCUT2D eigenvalue weighted by Crippen LogP contribution is -2.23. The fourth-order valence-corrected chi connectivity index (χ4v) is 4.30. The summed E-state index contributed by atoms with van der Waals surface area (Å²) >= 11 is 0. The predicted molar refractivity (Wildman–Crippen MR) is 148 cm³/mol. The maximum atomic E-state index is 13.5. The van der Waals surface area contributed by atoms with Crippen molar-refractivity contribution in [2.24, 2.45) is 0 Å². The van der Waals surface area contributed by atoms with Crippen LogP contribution in [0.1, 0.15) is 124 Å². The van der Waals surface area contributed by atoms with E-state index in [-0.39, 0.29) is 27.6 Å². The van der Waals surface area contributed by atoms with E-state index in [9.17, 15) is 15.0 Å². The number of hydrogen-bond acceptors (Lipinski definition) is 3. The molecule has 0 fully saturated rings. The number of phenolic OH excluding ortho intramolecular Hbond substituents is 2. The summed E-state index contributed by atoms with van der Waals surface area (Å²) in [5.41, 5.74) is 3.76. The van der Waals surface area contributed by atoms with Gasteiger partial charge in [-0.3, -0.25) is 4.79 Å². The van der Waals surface area contributed by atoms with Crippen LogP contribution in [0.25, 0.3) is 0 Å². The van der Waals surface area contributed by atoms with Crippen molar-refractivity contribution in [3.05, 3.63) is 52.1 Å². The van der Waals surface area contributed by atoms with E-state index in [1.807, 2.05) is 31.2 Å². The molecule has 3 N–H and O–H groups in total. The Morgan fingerprint density at radius 2 is 0.914 bits per heavy atom. The third-order valence-corrected chi connectivity index (χ3v) is 6.64. The molecule has 194 valence electrons. The molecule has 0 bridgehead atoms. The first-order valence-electron chi connectivity index (χ1n) is 12.6. The van der Waals surface area contributed by atoms with E-state index in [0.717, 1.165) is 27.8 Å². The van der Waals surface area contributed by atoms with Crippen LogP contribution in [-0.4, -0.2) is 16.1 Å². The molecule has 2 aromatic carbocycles. The second kappa shape index (κ2) is 9.19. The zero-order valence-corrected chi connectivity index (χ0v) is 24.2. The summed E-state index contributed by atoms with van der Waals surface area (Å²) in [7, 11) is 0. The van der Waals surface area contributed by atoms with E-state index in [1.54, 1.807) is 0 Å². The summed E-state index contributed by atoms with van der Waals surface area (Å²) in [6.07, 6.45) is 0. The second-order valence-corrected chi connectivity index (χ2v) is 14.1. The van der Waals surface area contributed by atoms with Crippen molar-refractivity contribution in [1.82, 2.24) is 0 Å². The molecular weight excluding hydrogens is 434 g/mol. The van der Waals surface area contributed by atoms with Gasteiger partial charge in [-0.1, -0.05) is 95.2 Å². The Labute approximate surface area is 213 Å². The van der Waals surface area contributed by atoms with Crippen molar-refractivity contribution in [3.8, 4) is 11.5 Å². The molecule has 2 aromatic rings. The van der Waals surface area contributed by atoms with Gasteiger partial charge in [0, 0.05) is 16.8 Å². The van der Waals surface area contributed by atoms with E-state index in [0.29, 0.717) is 17.2 Å². The van der Waals surface area contributed by atoms with Crippen molar-refractivity contribution < 1.29 is 15.0 Å². The molecule has 0 aliphatic heterocycles. The highest BCUT2D eigenvalue weighted by Crippen LogP contribution is 2.43. The molecule has 0 heterocycles. The van der Waals surface area contributed by atoms with Gasteiger partial charge >= 0.3 is 0 Å². The molecule has 1 amide bonds. The number of aromatic hydroxyl groups is 2. The van der Waals surface area contributed by atoms with Crippen LogP contribution >= 0.6 is 0 Å². The van der Waals surface area contributed by atoms with Crippen LogP contribution in [0.5, 0.6) is 11.5 Å². The lowest BCUT2D eigenvalue weighted by Gasteiger charge is -2.29.